The molecule has 0 bridgehead atoms. The summed E-state index contributed by atoms with van der Waals surface area (Å²) in [6.07, 6.45) is 1.77. The van der Waals surface area contributed by atoms with Gasteiger partial charge in [0, 0.05) is 5.69 Å². The molecular weight excluding hydrogens is 480 g/mol. The molecule has 6 nitrogen and oxygen atoms in total. The molecule has 3 aromatic carbocycles. The molecule has 3 aromatic rings. The Bertz CT molecular complexity index is 1300. The normalized spacial score (nSPS) is 14.4. The lowest BCUT2D eigenvalue weighted by atomic mass is 10.1. The van der Waals surface area contributed by atoms with Gasteiger partial charge in [-0.3, -0.25) is 14.5 Å². The second-order valence-corrected chi connectivity index (χ2v) is 9.68. The molecule has 4 rings (SSSR count). The molecule has 1 fully saturated rings. The van der Waals surface area contributed by atoms with Gasteiger partial charge in [-0.1, -0.05) is 42.2 Å². The van der Waals surface area contributed by atoms with E-state index in [0.717, 1.165) is 22.4 Å². The van der Waals surface area contributed by atoms with Crippen molar-refractivity contribution >= 4 is 57.6 Å². The van der Waals surface area contributed by atoms with Gasteiger partial charge in [-0.05, 0) is 85.1 Å². The molecule has 1 N–H and O–H groups in total. The van der Waals surface area contributed by atoms with Crippen molar-refractivity contribution in [3.05, 3.63) is 88.3 Å². The van der Waals surface area contributed by atoms with Crippen molar-refractivity contribution in [1.29, 1.82) is 0 Å². The summed E-state index contributed by atoms with van der Waals surface area (Å²) in [6.45, 7) is 3.83. The highest BCUT2D eigenvalue weighted by Crippen LogP contribution is 2.36. The van der Waals surface area contributed by atoms with Crippen molar-refractivity contribution in [1.82, 2.24) is 0 Å². The smallest absolute Gasteiger partial charge is 0.270 e. The number of benzene rings is 3. The Hall–Kier alpha value is -3.62. The molecule has 0 saturated carbocycles. The third-order valence-electron chi connectivity index (χ3n) is 5.16. The van der Waals surface area contributed by atoms with Gasteiger partial charge in [0.25, 0.3) is 11.8 Å². The van der Waals surface area contributed by atoms with Crippen LogP contribution in [0.5, 0.6) is 11.5 Å². The Kier molecular flexibility index (Phi) is 7.53. The van der Waals surface area contributed by atoms with Crippen molar-refractivity contribution < 1.29 is 19.1 Å². The van der Waals surface area contributed by atoms with Crippen LogP contribution in [0.25, 0.3) is 6.08 Å². The minimum Gasteiger partial charge on any atom is -0.497 e. The molecule has 35 heavy (non-hydrogen) atoms. The average Bonchev–Trinajstić information content (AvgIpc) is 3.10. The maximum absolute atomic E-state index is 13.0. The van der Waals surface area contributed by atoms with E-state index in [1.807, 2.05) is 44.2 Å². The van der Waals surface area contributed by atoms with E-state index < -0.39 is 0 Å². The fraction of sp³-hybridized carbons (Fsp3) is 0.148. The summed E-state index contributed by atoms with van der Waals surface area (Å²) < 4.78 is 11.3. The van der Waals surface area contributed by atoms with Crippen LogP contribution in [0.3, 0.4) is 0 Å². The molecule has 1 heterocycles. The summed E-state index contributed by atoms with van der Waals surface area (Å²) in [5.41, 5.74) is 4.34. The number of thioether (sulfide) groups is 1. The maximum Gasteiger partial charge on any atom is 0.270 e. The largest absolute Gasteiger partial charge is 0.497 e. The number of ether oxygens (including phenoxy) is 2. The standard InChI is InChI=1S/C27H24N2O4S2/c1-17-11-18(2)13-20(12-17)28-25(30)16-33-23-6-4-5-19(14-23)15-24-26(31)29(27(34)35-24)21-7-9-22(32-3)10-8-21/h4-15H,16H2,1-3H3,(H,28,30)/b24-15-. The lowest BCUT2D eigenvalue weighted by Gasteiger charge is -2.14. The van der Waals surface area contributed by atoms with Crippen molar-refractivity contribution in [2.24, 2.45) is 0 Å². The molecule has 1 aliphatic rings. The molecule has 1 aliphatic heterocycles. The van der Waals surface area contributed by atoms with E-state index in [1.165, 1.54) is 16.7 Å². The lowest BCUT2D eigenvalue weighted by Crippen LogP contribution is -2.27. The number of aryl methyl sites for hydroxylation is 2. The SMILES string of the molecule is COc1ccc(N2C(=O)/C(=C/c3cccc(OCC(=O)Nc4cc(C)cc(C)c4)c3)SC2=S)cc1. The van der Waals surface area contributed by atoms with Crippen LogP contribution in [0.15, 0.2) is 71.6 Å². The number of carbonyl (C=O) groups excluding carboxylic acids is 2. The van der Waals surface area contributed by atoms with Crippen LogP contribution in [-0.4, -0.2) is 29.9 Å². The van der Waals surface area contributed by atoms with Crippen LogP contribution in [0, 0.1) is 13.8 Å². The van der Waals surface area contributed by atoms with Gasteiger partial charge in [0.1, 0.15) is 11.5 Å². The first-order valence-corrected chi connectivity index (χ1v) is 12.1. The first kappa shape index (κ1) is 24.5. The molecule has 1 saturated heterocycles. The van der Waals surface area contributed by atoms with Crippen LogP contribution in [0.4, 0.5) is 11.4 Å². The predicted octanol–water partition coefficient (Wildman–Crippen LogP) is 5.74. The van der Waals surface area contributed by atoms with Crippen molar-refractivity contribution in [2.45, 2.75) is 13.8 Å². The summed E-state index contributed by atoms with van der Waals surface area (Å²) >= 11 is 6.69. The van der Waals surface area contributed by atoms with E-state index in [1.54, 1.807) is 49.6 Å². The zero-order valence-electron chi connectivity index (χ0n) is 19.5. The number of hydrogen-bond acceptors (Lipinski definition) is 6. The molecule has 0 radical (unpaired) electrons. The zero-order chi connectivity index (χ0) is 24.9. The van der Waals surface area contributed by atoms with Gasteiger partial charge >= 0.3 is 0 Å². The highest BCUT2D eigenvalue weighted by molar-refractivity contribution is 8.27. The van der Waals surface area contributed by atoms with E-state index in [0.29, 0.717) is 26.4 Å². The average molecular weight is 505 g/mol. The highest BCUT2D eigenvalue weighted by Gasteiger charge is 2.33. The topological polar surface area (TPSA) is 67.9 Å². The monoisotopic (exact) mass is 504 g/mol. The van der Waals surface area contributed by atoms with E-state index in [9.17, 15) is 9.59 Å². The minimum atomic E-state index is -0.249. The van der Waals surface area contributed by atoms with Gasteiger partial charge < -0.3 is 14.8 Å². The van der Waals surface area contributed by atoms with Crippen LogP contribution in [-0.2, 0) is 9.59 Å². The van der Waals surface area contributed by atoms with Crippen molar-refractivity contribution in [2.75, 3.05) is 23.9 Å². The summed E-state index contributed by atoms with van der Waals surface area (Å²) in [5, 5.41) is 2.85. The number of methoxy groups -OCH3 is 1. The quantitative estimate of drug-likeness (QED) is 0.327. The van der Waals surface area contributed by atoms with Crippen molar-refractivity contribution in [3.8, 4) is 11.5 Å². The number of hydrogen-bond donors (Lipinski definition) is 1. The fourth-order valence-corrected chi connectivity index (χ4v) is 4.96. The number of thiocarbonyl (C=S) groups is 1. The Morgan fingerprint density at radius 1 is 1.03 bits per heavy atom. The van der Waals surface area contributed by atoms with E-state index in [2.05, 4.69) is 5.32 Å². The molecule has 2 amide bonds. The van der Waals surface area contributed by atoms with Gasteiger partial charge in [-0.2, -0.15) is 0 Å². The molecular formula is C27H24N2O4S2. The number of amides is 2. The highest BCUT2D eigenvalue weighted by atomic mass is 32.2. The molecule has 178 valence electrons. The maximum atomic E-state index is 13.0. The van der Waals surface area contributed by atoms with Gasteiger partial charge in [0.05, 0.1) is 17.7 Å². The van der Waals surface area contributed by atoms with Gasteiger partial charge in [-0.25, -0.2) is 0 Å². The summed E-state index contributed by atoms with van der Waals surface area (Å²) in [4.78, 5) is 27.4. The Labute approximate surface area is 213 Å². The molecule has 8 heteroatoms. The van der Waals surface area contributed by atoms with Gasteiger partial charge in [0.2, 0.25) is 0 Å². The van der Waals surface area contributed by atoms with Gasteiger partial charge in [-0.15, -0.1) is 0 Å². The van der Waals surface area contributed by atoms with E-state index >= 15 is 0 Å². The summed E-state index contributed by atoms with van der Waals surface area (Å²) in [5.74, 6) is 0.791. The molecule has 0 atom stereocenters. The van der Waals surface area contributed by atoms with E-state index in [4.69, 9.17) is 21.7 Å². The molecule has 0 spiro atoms. The fourth-order valence-electron chi connectivity index (χ4n) is 3.66. The van der Waals surface area contributed by atoms with Crippen LogP contribution in [0.1, 0.15) is 16.7 Å². The van der Waals surface area contributed by atoms with E-state index in [-0.39, 0.29) is 18.4 Å². The third kappa shape index (κ3) is 6.09. The Morgan fingerprint density at radius 2 is 1.74 bits per heavy atom. The number of nitrogens with one attached hydrogen (secondary N) is 1. The van der Waals surface area contributed by atoms with Crippen LogP contribution in [0.2, 0.25) is 0 Å². The first-order chi connectivity index (χ1) is 16.8. The predicted molar refractivity (Wildman–Crippen MR) is 145 cm³/mol. The van der Waals surface area contributed by atoms with Crippen LogP contribution >= 0.6 is 24.0 Å². The first-order valence-electron chi connectivity index (χ1n) is 10.9. The summed E-state index contributed by atoms with van der Waals surface area (Å²) in [6, 6.07) is 20.3. The molecule has 0 aliphatic carbocycles. The van der Waals surface area contributed by atoms with Crippen molar-refractivity contribution in [3.63, 3.8) is 0 Å². The Balaban J connectivity index is 1.42. The number of anilines is 2. The number of nitrogens with zero attached hydrogens (tertiary/aromatic N) is 1. The number of rotatable bonds is 7. The van der Waals surface area contributed by atoms with Crippen LogP contribution < -0.4 is 19.7 Å². The summed E-state index contributed by atoms with van der Waals surface area (Å²) in [7, 11) is 1.59. The second kappa shape index (κ2) is 10.8. The lowest BCUT2D eigenvalue weighted by molar-refractivity contribution is -0.118. The second-order valence-electron chi connectivity index (χ2n) is 8.00. The van der Waals surface area contributed by atoms with Gasteiger partial charge in [0.15, 0.2) is 10.9 Å². The molecule has 0 aromatic heterocycles. The third-order valence-corrected chi connectivity index (χ3v) is 6.46. The minimum absolute atomic E-state index is 0.129. The zero-order valence-corrected chi connectivity index (χ0v) is 21.2. The number of carbonyl (C=O) groups is 2. The molecule has 0 unspecified atom stereocenters. The Morgan fingerprint density at radius 3 is 2.43 bits per heavy atom.